The van der Waals surface area contributed by atoms with Crippen molar-refractivity contribution in [3.05, 3.63) is 24.3 Å². The first-order valence-electron chi connectivity index (χ1n) is 4.71. The normalized spacial score (nSPS) is 12.2. The van der Waals surface area contributed by atoms with Gasteiger partial charge in [0.1, 0.15) is 6.61 Å². The molecule has 78 valence electrons. The van der Waals surface area contributed by atoms with Gasteiger partial charge in [0.2, 0.25) is 0 Å². The molecule has 1 unspecified atom stereocenters. The fourth-order valence-corrected chi connectivity index (χ4v) is 1.04. The Bertz CT molecular complexity index is 273. The maximum Gasteiger partial charge on any atom is 0.161 e. The molecule has 0 saturated carbocycles. The van der Waals surface area contributed by atoms with Gasteiger partial charge in [-0.2, -0.15) is 0 Å². The molecule has 0 spiro atoms. The minimum Gasteiger partial charge on any atom is -0.493 e. The molecule has 0 amide bonds. The van der Waals surface area contributed by atoms with Crippen molar-refractivity contribution in [3.8, 4) is 11.5 Å². The molecule has 1 atom stereocenters. The fraction of sp³-hybridized carbons (Fsp3) is 0.455. The second kappa shape index (κ2) is 5.50. The summed E-state index contributed by atoms with van der Waals surface area (Å²) in [6.07, 6.45) is 0.273. The highest BCUT2D eigenvalue weighted by atomic mass is 16.5. The minimum atomic E-state index is -0.417. The second-order valence-corrected chi connectivity index (χ2v) is 3.02. The molecule has 0 bridgehead atoms. The van der Waals surface area contributed by atoms with Crippen molar-refractivity contribution in [2.75, 3.05) is 13.7 Å². The Kier molecular flexibility index (Phi) is 4.26. The molecule has 1 aromatic carbocycles. The molecule has 1 aromatic rings. The molecule has 0 fully saturated rings. The summed E-state index contributed by atoms with van der Waals surface area (Å²) in [5.74, 6) is 1.36. The fourth-order valence-electron chi connectivity index (χ4n) is 1.04. The second-order valence-electron chi connectivity index (χ2n) is 3.02. The van der Waals surface area contributed by atoms with Crippen molar-refractivity contribution < 1.29 is 14.6 Å². The van der Waals surface area contributed by atoms with E-state index in [2.05, 4.69) is 0 Å². The van der Waals surface area contributed by atoms with Crippen LogP contribution >= 0.6 is 0 Å². The Hall–Kier alpha value is -1.22. The summed E-state index contributed by atoms with van der Waals surface area (Å²) >= 11 is 0. The Balaban J connectivity index is 2.57. The van der Waals surface area contributed by atoms with Crippen LogP contribution in [-0.2, 0) is 0 Å². The molecule has 3 heteroatoms. The average molecular weight is 196 g/mol. The van der Waals surface area contributed by atoms with Crippen LogP contribution in [0.25, 0.3) is 0 Å². The third-order valence-corrected chi connectivity index (χ3v) is 1.97. The summed E-state index contributed by atoms with van der Waals surface area (Å²) in [5.41, 5.74) is 0. The van der Waals surface area contributed by atoms with E-state index >= 15 is 0 Å². The molecule has 0 saturated heterocycles. The summed E-state index contributed by atoms with van der Waals surface area (Å²) in [7, 11) is 1.60. The van der Waals surface area contributed by atoms with E-state index in [1.54, 1.807) is 7.11 Å². The van der Waals surface area contributed by atoms with E-state index in [0.717, 1.165) is 0 Å². The van der Waals surface area contributed by atoms with Gasteiger partial charge in [0.25, 0.3) is 0 Å². The van der Waals surface area contributed by atoms with Crippen LogP contribution in [0, 0.1) is 0 Å². The van der Waals surface area contributed by atoms with E-state index in [0.29, 0.717) is 24.5 Å². The monoisotopic (exact) mass is 196 g/mol. The van der Waals surface area contributed by atoms with Crippen LogP contribution < -0.4 is 9.47 Å². The van der Waals surface area contributed by atoms with Crippen LogP contribution in [0.4, 0.5) is 0 Å². The Labute approximate surface area is 84.3 Å². The molecule has 14 heavy (non-hydrogen) atoms. The largest absolute Gasteiger partial charge is 0.493 e. The van der Waals surface area contributed by atoms with Gasteiger partial charge in [-0.25, -0.2) is 0 Å². The molecule has 1 rings (SSSR count). The molecular weight excluding hydrogens is 180 g/mol. The zero-order chi connectivity index (χ0) is 10.4. The van der Waals surface area contributed by atoms with Crippen LogP contribution in [0.1, 0.15) is 13.3 Å². The maximum absolute atomic E-state index is 9.32. The van der Waals surface area contributed by atoms with Crippen molar-refractivity contribution >= 4 is 0 Å². The minimum absolute atomic E-state index is 0.302. The predicted octanol–water partition coefficient (Wildman–Crippen LogP) is 1.84. The van der Waals surface area contributed by atoms with Gasteiger partial charge in [-0.15, -0.1) is 0 Å². The average Bonchev–Trinajstić information content (AvgIpc) is 2.26. The molecule has 3 nitrogen and oxygen atoms in total. The number of methoxy groups -OCH3 is 1. The Morgan fingerprint density at radius 1 is 1.29 bits per heavy atom. The lowest BCUT2D eigenvalue weighted by Gasteiger charge is -2.12. The summed E-state index contributed by atoms with van der Waals surface area (Å²) in [5, 5.41) is 9.32. The van der Waals surface area contributed by atoms with Crippen LogP contribution in [-0.4, -0.2) is 24.9 Å². The summed E-state index contributed by atoms with van der Waals surface area (Å²) in [4.78, 5) is 0. The number of hydrogen-bond acceptors (Lipinski definition) is 3. The third-order valence-electron chi connectivity index (χ3n) is 1.97. The third kappa shape index (κ3) is 2.92. The lowest BCUT2D eigenvalue weighted by Crippen LogP contribution is -2.16. The zero-order valence-corrected chi connectivity index (χ0v) is 8.56. The first kappa shape index (κ1) is 10.9. The lowest BCUT2D eigenvalue weighted by atomic mass is 10.3. The van der Waals surface area contributed by atoms with Gasteiger partial charge in [-0.1, -0.05) is 19.1 Å². The van der Waals surface area contributed by atoms with Crippen molar-refractivity contribution in [1.82, 2.24) is 0 Å². The highest BCUT2D eigenvalue weighted by molar-refractivity contribution is 5.39. The SMILES string of the molecule is CCC(O)COc1ccccc1OC. The summed E-state index contributed by atoms with van der Waals surface area (Å²) in [6.45, 7) is 2.22. The molecule has 0 heterocycles. The van der Waals surface area contributed by atoms with Gasteiger partial charge in [0.15, 0.2) is 11.5 Å². The van der Waals surface area contributed by atoms with Gasteiger partial charge in [-0.3, -0.25) is 0 Å². The maximum atomic E-state index is 9.32. The number of aliphatic hydroxyl groups excluding tert-OH is 1. The number of benzene rings is 1. The van der Waals surface area contributed by atoms with Crippen molar-refractivity contribution in [2.24, 2.45) is 0 Å². The molecule has 1 N–H and O–H groups in total. The van der Waals surface area contributed by atoms with Crippen molar-refractivity contribution in [3.63, 3.8) is 0 Å². The van der Waals surface area contributed by atoms with Gasteiger partial charge in [0, 0.05) is 0 Å². The van der Waals surface area contributed by atoms with Gasteiger partial charge in [0.05, 0.1) is 13.2 Å². The lowest BCUT2D eigenvalue weighted by molar-refractivity contribution is 0.102. The van der Waals surface area contributed by atoms with Crippen LogP contribution in [0.3, 0.4) is 0 Å². The van der Waals surface area contributed by atoms with Gasteiger partial charge < -0.3 is 14.6 Å². The Morgan fingerprint density at radius 3 is 2.50 bits per heavy atom. The van der Waals surface area contributed by atoms with Crippen LogP contribution in [0.15, 0.2) is 24.3 Å². The Morgan fingerprint density at radius 2 is 1.93 bits per heavy atom. The molecule has 0 aliphatic carbocycles. The molecule has 0 aromatic heterocycles. The molecule has 0 aliphatic rings. The topological polar surface area (TPSA) is 38.7 Å². The predicted molar refractivity (Wildman–Crippen MR) is 54.8 cm³/mol. The van der Waals surface area contributed by atoms with E-state index < -0.39 is 6.10 Å². The van der Waals surface area contributed by atoms with Crippen molar-refractivity contribution in [2.45, 2.75) is 19.4 Å². The van der Waals surface area contributed by atoms with Gasteiger partial charge >= 0.3 is 0 Å². The molecule has 0 radical (unpaired) electrons. The molecule has 0 aliphatic heterocycles. The summed E-state index contributed by atoms with van der Waals surface area (Å²) < 4.78 is 10.5. The number of para-hydroxylation sites is 2. The van der Waals surface area contributed by atoms with Crippen molar-refractivity contribution in [1.29, 1.82) is 0 Å². The zero-order valence-electron chi connectivity index (χ0n) is 8.56. The van der Waals surface area contributed by atoms with E-state index in [9.17, 15) is 5.11 Å². The highest BCUT2D eigenvalue weighted by Crippen LogP contribution is 2.25. The van der Waals surface area contributed by atoms with E-state index in [4.69, 9.17) is 9.47 Å². The summed E-state index contributed by atoms with van der Waals surface area (Å²) in [6, 6.07) is 7.40. The van der Waals surface area contributed by atoms with E-state index in [1.807, 2.05) is 31.2 Å². The number of aliphatic hydroxyl groups is 1. The first-order valence-corrected chi connectivity index (χ1v) is 4.71. The highest BCUT2D eigenvalue weighted by Gasteiger charge is 2.05. The van der Waals surface area contributed by atoms with E-state index in [-0.39, 0.29) is 0 Å². The number of hydrogen-bond donors (Lipinski definition) is 1. The number of rotatable bonds is 5. The number of ether oxygens (including phenoxy) is 2. The van der Waals surface area contributed by atoms with Crippen LogP contribution in [0.5, 0.6) is 11.5 Å². The quantitative estimate of drug-likeness (QED) is 0.781. The van der Waals surface area contributed by atoms with Crippen LogP contribution in [0.2, 0.25) is 0 Å². The first-order chi connectivity index (χ1) is 6.77. The smallest absolute Gasteiger partial charge is 0.161 e. The standard InChI is InChI=1S/C11H16O3/c1-3-9(12)8-14-11-7-5-4-6-10(11)13-2/h4-7,9,12H,3,8H2,1-2H3. The van der Waals surface area contributed by atoms with Gasteiger partial charge in [-0.05, 0) is 18.6 Å². The van der Waals surface area contributed by atoms with E-state index in [1.165, 1.54) is 0 Å². The molecular formula is C11H16O3.